The van der Waals surface area contributed by atoms with Gasteiger partial charge in [-0.25, -0.2) is 0 Å². The van der Waals surface area contributed by atoms with Crippen LogP contribution in [-0.2, 0) is 9.47 Å². The summed E-state index contributed by atoms with van der Waals surface area (Å²) in [5.74, 6) is 0. The lowest BCUT2D eigenvalue weighted by Gasteiger charge is -2.27. The fourth-order valence-electron chi connectivity index (χ4n) is 2.65. The highest BCUT2D eigenvalue weighted by atomic mass is 16.5. The molecule has 0 aromatic heterocycles. The predicted octanol–water partition coefficient (Wildman–Crippen LogP) is 4.63. The molecule has 1 aromatic carbocycles. The zero-order valence-electron chi connectivity index (χ0n) is 11.8. The lowest BCUT2D eigenvalue weighted by Crippen LogP contribution is -2.19. The van der Waals surface area contributed by atoms with Crippen molar-refractivity contribution < 1.29 is 9.47 Å². The molecule has 0 bridgehead atoms. The molecular formula is C17H24O2. The van der Waals surface area contributed by atoms with Gasteiger partial charge in [0, 0.05) is 0 Å². The van der Waals surface area contributed by atoms with E-state index in [0.29, 0.717) is 6.10 Å². The highest BCUT2D eigenvalue weighted by Gasteiger charge is 2.19. The molecule has 1 aliphatic carbocycles. The van der Waals surface area contributed by atoms with Gasteiger partial charge in [0.05, 0.1) is 25.6 Å². The van der Waals surface area contributed by atoms with Crippen LogP contribution >= 0.6 is 0 Å². The predicted molar refractivity (Wildman–Crippen MR) is 77.9 cm³/mol. The minimum atomic E-state index is 0.149. The van der Waals surface area contributed by atoms with E-state index in [4.69, 9.17) is 9.47 Å². The van der Waals surface area contributed by atoms with Gasteiger partial charge in [-0.15, -0.1) is 0 Å². The van der Waals surface area contributed by atoms with Gasteiger partial charge in [0.2, 0.25) is 0 Å². The Labute approximate surface area is 116 Å². The van der Waals surface area contributed by atoms with Gasteiger partial charge in [-0.2, -0.15) is 0 Å². The van der Waals surface area contributed by atoms with Gasteiger partial charge >= 0.3 is 0 Å². The van der Waals surface area contributed by atoms with E-state index in [1.54, 1.807) is 13.4 Å². The van der Waals surface area contributed by atoms with Crippen molar-refractivity contribution >= 4 is 0 Å². The van der Waals surface area contributed by atoms with Crippen molar-refractivity contribution in [1.82, 2.24) is 0 Å². The normalized spacial score (nSPS) is 18.6. The summed E-state index contributed by atoms with van der Waals surface area (Å²) in [6.07, 6.45) is 11.6. The maximum absolute atomic E-state index is 6.32. The molecule has 1 aliphatic rings. The lowest BCUT2D eigenvalue weighted by molar-refractivity contribution is -0.0301. The van der Waals surface area contributed by atoms with Crippen LogP contribution in [0.15, 0.2) is 42.7 Å². The summed E-state index contributed by atoms with van der Waals surface area (Å²) in [5, 5.41) is 0. The van der Waals surface area contributed by atoms with Crippen molar-refractivity contribution in [3.63, 3.8) is 0 Å². The van der Waals surface area contributed by atoms with Gasteiger partial charge in [0.1, 0.15) is 0 Å². The number of rotatable bonds is 6. The van der Waals surface area contributed by atoms with Crippen molar-refractivity contribution in [3.8, 4) is 0 Å². The first-order valence-corrected chi connectivity index (χ1v) is 7.28. The Morgan fingerprint density at radius 2 is 1.89 bits per heavy atom. The van der Waals surface area contributed by atoms with Crippen LogP contribution in [0.25, 0.3) is 0 Å². The van der Waals surface area contributed by atoms with Crippen molar-refractivity contribution in [2.75, 3.05) is 7.11 Å². The largest absolute Gasteiger partial charge is 0.505 e. The summed E-state index contributed by atoms with van der Waals surface area (Å²) < 4.78 is 11.3. The molecule has 2 rings (SSSR count). The van der Waals surface area contributed by atoms with Gasteiger partial charge in [-0.1, -0.05) is 49.6 Å². The first-order chi connectivity index (χ1) is 9.40. The van der Waals surface area contributed by atoms with E-state index < -0.39 is 0 Å². The fraction of sp³-hybridized carbons (Fsp3) is 0.529. The lowest BCUT2D eigenvalue weighted by atomic mass is 9.97. The molecule has 0 amide bonds. The Bertz CT molecular complexity index is 366. The zero-order chi connectivity index (χ0) is 13.3. The third-order valence-electron chi connectivity index (χ3n) is 3.66. The number of hydrogen-bond acceptors (Lipinski definition) is 2. The number of ether oxygens (including phenoxy) is 2. The molecule has 0 spiro atoms. The van der Waals surface area contributed by atoms with Crippen LogP contribution in [-0.4, -0.2) is 13.2 Å². The Kier molecular flexibility index (Phi) is 5.96. The fourth-order valence-corrected chi connectivity index (χ4v) is 2.65. The molecule has 104 valence electrons. The number of methoxy groups -OCH3 is 1. The van der Waals surface area contributed by atoms with Crippen LogP contribution in [0.5, 0.6) is 0 Å². The topological polar surface area (TPSA) is 18.5 Å². The maximum atomic E-state index is 6.32. The second-order valence-electron chi connectivity index (χ2n) is 5.14. The zero-order valence-corrected chi connectivity index (χ0v) is 11.8. The van der Waals surface area contributed by atoms with E-state index in [2.05, 4.69) is 24.3 Å². The molecule has 19 heavy (non-hydrogen) atoms. The molecule has 1 atom stereocenters. The van der Waals surface area contributed by atoms with Gasteiger partial charge in [0.25, 0.3) is 0 Å². The van der Waals surface area contributed by atoms with Crippen LogP contribution in [0.1, 0.15) is 50.2 Å². The Morgan fingerprint density at radius 3 is 2.58 bits per heavy atom. The van der Waals surface area contributed by atoms with Crippen LogP contribution in [0.4, 0.5) is 0 Å². The first kappa shape index (κ1) is 14.1. The minimum absolute atomic E-state index is 0.149. The van der Waals surface area contributed by atoms with Crippen molar-refractivity contribution in [2.24, 2.45) is 0 Å². The Hall–Kier alpha value is -1.28. The molecule has 2 heteroatoms. The molecule has 0 radical (unpaired) electrons. The summed E-state index contributed by atoms with van der Waals surface area (Å²) in [4.78, 5) is 0. The molecule has 0 saturated heterocycles. The average Bonchev–Trinajstić information content (AvgIpc) is 2.48. The highest BCUT2D eigenvalue weighted by Crippen LogP contribution is 2.29. The quantitative estimate of drug-likeness (QED) is 0.694. The summed E-state index contributed by atoms with van der Waals surface area (Å²) >= 11 is 0. The molecule has 0 aliphatic heterocycles. The van der Waals surface area contributed by atoms with Crippen molar-refractivity contribution in [1.29, 1.82) is 0 Å². The van der Waals surface area contributed by atoms with E-state index in [0.717, 1.165) is 6.42 Å². The molecule has 1 fully saturated rings. The number of benzene rings is 1. The highest BCUT2D eigenvalue weighted by molar-refractivity contribution is 5.18. The van der Waals surface area contributed by atoms with Crippen LogP contribution in [0.3, 0.4) is 0 Å². The average molecular weight is 260 g/mol. The molecule has 1 saturated carbocycles. The standard InChI is InChI=1S/C17H24O2/c1-18-14-8-13-17(15-9-4-2-5-10-15)19-16-11-6-3-7-12-16/h2,4-5,8-10,14,16-17H,3,6-7,11-13H2,1H3. The number of hydrogen-bond donors (Lipinski definition) is 0. The minimum Gasteiger partial charge on any atom is -0.505 e. The van der Waals surface area contributed by atoms with Gasteiger partial charge in [-0.3, -0.25) is 0 Å². The van der Waals surface area contributed by atoms with E-state index in [1.165, 1.54) is 37.7 Å². The van der Waals surface area contributed by atoms with Gasteiger partial charge in [-0.05, 0) is 30.9 Å². The third-order valence-corrected chi connectivity index (χ3v) is 3.66. The summed E-state index contributed by atoms with van der Waals surface area (Å²) in [5.41, 5.74) is 1.26. The summed E-state index contributed by atoms with van der Waals surface area (Å²) in [6.45, 7) is 0. The van der Waals surface area contributed by atoms with Crippen molar-refractivity contribution in [2.45, 2.75) is 50.7 Å². The Morgan fingerprint density at radius 1 is 1.16 bits per heavy atom. The van der Waals surface area contributed by atoms with E-state index in [-0.39, 0.29) is 6.10 Å². The van der Waals surface area contributed by atoms with Crippen LogP contribution in [0.2, 0.25) is 0 Å². The van der Waals surface area contributed by atoms with Gasteiger partial charge < -0.3 is 9.47 Å². The van der Waals surface area contributed by atoms with Crippen molar-refractivity contribution in [3.05, 3.63) is 48.2 Å². The Balaban J connectivity index is 1.98. The van der Waals surface area contributed by atoms with Gasteiger partial charge in [0.15, 0.2) is 0 Å². The maximum Gasteiger partial charge on any atom is 0.0864 e. The van der Waals surface area contributed by atoms with E-state index in [1.807, 2.05) is 12.1 Å². The van der Waals surface area contributed by atoms with E-state index in [9.17, 15) is 0 Å². The van der Waals surface area contributed by atoms with Crippen LogP contribution in [0, 0.1) is 0 Å². The summed E-state index contributed by atoms with van der Waals surface area (Å²) in [6, 6.07) is 10.5. The van der Waals surface area contributed by atoms with E-state index >= 15 is 0 Å². The molecular weight excluding hydrogens is 236 g/mol. The first-order valence-electron chi connectivity index (χ1n) is 7.28. The molecule has 1 unspecified atom stereocenters. The molecule has 0 heterocycles. The second-order valence-corrected chi connectivity index (χ2v) is 5.14. The second kappa shape index (κ2) is 8.00. The molecule has 0 N–H and O–H groups in total. The monoisotopic (exact) mass is 260 g/mol. The smallest absolute Gasteiger partial charge is 0.0864 e. The molecule has 2 nitrogen and oxygen atoms in total. The molecule has 1 aromatic rings. The third kappa shape index (κ3) is 4.71. The summed E-state index contributed by atoms with van der Waals surface area (Å²) in [7, 11) is 1.68. The SMILES string of the molecule is COC=CCC(OC1CCCCC1)c1ccccc1. The van der Waals surface area contributed by atoms with Crippen LogP contribution < -0.4 is 0 Å².